The molecule has 0 fully saturated rings. The summed E-state index contributed by atoms with van der Waals surface area (Å²) >= 11 is 0. The van der Waals surface area contributed by atoms with Crippen LogP contribution < -0.4 is 5.32 Å². The zero-order valence-electron chi connectivity index (χ0n) is 8.97. The van der Waals surface area contributed by atoms with Crippen LogP contribution >= 0.6 is 0 Å². The first kappa shape index (κ1) is 13.9. The molecule has 6 nitrogen and oxygen atoms in total. The van der Waals surface area contributed by atoms with Crippen molar-refractivity contribution >= 4 is 23.0 Å². The summed E-state index contributed by atoms with van der Waals surface area (Å²) in [6.07, 6.45) is 0.764. The van der Waals surface area contributed by atoms with E-state index in [9.17, 15) is 13.2 Å². The van der Waals surface area contributed by atoms with E-state index in [0.29, 0.717) is 0 Å². The highest BCUT2D eigenvalue weighted by molar-refractivity contribution is 7.72. The molecule has 0 rings (SSSR count). The number of amides is 1. The van der Waals surface area contributed by atoms with Crippen LogP contribution in [0.25, 0.3) is 0 Å². The van der Waals surface area contributed by atoms with Crippen LogP contribution in [0.4, 0.5) is 4.79 Å². The fraction of sp³-hybridized carbons (Fsp3) is 0.750. The monoisotopic (exact) mass is 236 g/mol. The molecule has 7 heteroatoms. The lowest BCUT2D eigenvalue weighted by atomic mass is 10.00. The number of carbonyl (C=O) groups excluding carboxylic acids is 1. The van der Waals surface area contributed by atoms with E-state index in [0.717, 1.165) is 0 Å². The Kier molecular flexibility index (Phi) is 6.68. The summed E-state index contributed by atoms with van der Waals surface area (Å²) < 4.78 is 20.9. The predicted molar refractivity (Wildman–Crippen MR) is 57.5 cm³/mol. The van der Waals surface area contributed by atoms with Crippen molar-refractivity contribution in [3.05, 3.63) is 0 Å². The Morgan fingerprint density at radius 1 is 1.53 bits per heavy atom. The van der Waals surface area contributed by atoms with Crippen molar-refractivity contribution in [2.75, 3.05) is 12.8 Å². The van der Waals surface area contributed by atoms with E-state index in [1.165, 1.54) is 13.3 Å². The van der Waals surface area contributed by atoms with Crippen molar-refractivity contribution in [2.45, 2.75) is 13.8 Å². The van der Waals surface area contributed by atoms with Gasteiger partial charge in [0.25, 0.3) is 0 Å². The Morgan fingerprint density at radius 3 is 2.60 bits per heavy atom. The molecule has 0 aliphatic rings. The highest BCUT2D eigenvalue weighted by Gasteiger charge is 2.11. The van der Waals surface area contributed by atoms with Gasteiger partial charge in [-0.25, -0.2) is 13.2 Å². The first-order valence-corrected chi connectivity index (χ1v) is 5.87. The third kappa shape index (κ3) is 6.89. The molecule has 15 heavy (non-hydrogen) atoms. The molecule has 1 amide bonds. The molecular weight excluding hydrogens is 220 g/mol. The second kappa shape index (κ2) is 7.22. The Balaban J connectivity index is 4.00. The van der Waals surface area contributed by atoms with Gasteiger partial charge in [-0.1, -0.05) is 19.0 Å². The van der Waals surface area contributed by atoms with Crippen LogP contribution in [0.15, 0.2) is 5.16 Å². The second-order valence-electron chi connectivity index (χ2n) is 3.23. The van der Waals surface area contributed by atoms with Gasteiger partial charge < -0.3 is 5.32 Å². The molecule has 1 N–H and O–H groups in total. The van der Waals surface area contributed by atoms with Crippen molar-refractivity contribution in [1.29, 1.82) is 0 Å². The minimum Gasteiger partial charge on any atom is -0.323 e. The van der Waals surface area contributed by atoms with Crippen LogP contribution in [0.3, 0.4) is 0 Å². The molecule has 0 aromatic heterocycles. The van der Waals surface area contributed by atoms with Crippen molar-refractivity contribution in [1.82, 2.24) is 5.32 Å². The number of hydrogen-bond acceptors (Lipinski definition) is 5. The minimum atomic E-state index is -2.38. The van der Waals surface area contributed by atoms with E-state index < -0.39 is 16.8 Å². The SMILES string of the molecule is CNC(=O)ON=CC(C)C(C)C[SH](=O)=O. The lowest BCUT2D eigenvalue weighted by Gasteiger charge is -2.11. The summed E-state index contributed by atoms with van der Waals surface area (Å²) in [7, 11) is -0.962. The first-order valence-electron chi connectivity index (χ1n) is 4.51. The van der Waals surface area contributed by atoms with E-state index in [4.69, 9.17) is 0 Å². The van der Waals surface area contributed by atoms with Gasteiger partial charge in [0.1, 0.15) is 10.7 Å². The zero-order chi connectivity index (χ0) is 11.8. The molecule has 0 aromatic carbocycles. The zero-order valence-corrected chi connectivity index (χ0v) is 9.86. The van der Waals surface area contributed by atoms with Gasteiger partial charge >= 0.3 is 6.09 Å². The highest BCUT2D eigenvalue weighted by atomic mass is 32.2. The average molecular weight is 236 g/mol. The molecule has 0 saturated carbocycles. The van der Waals surface area contributed by atoms with Gasteiger partial charge in [-0.05, 0) is 11.8 Å². The lowest BCUT2D eigenvalue weighted by molar-refractivity contribution is 0.153. The quantitative estimate of drug-likeness (QED) is 0.309. The number of hydrogen-bond donors (Lipinski definition) is 2. The number of carbonyl (C=O) groups is 1. The Morgan fingerprint density at radius 2 is 2.13 bits per heavy atom. The maximum absolute atomic E-state index is 10.6. The summed E-state index contributed by atoms with van der Waals surface area (Å²) in [4.78, 5) is 15.0. The highest BCUT2D eigenvalue weighted by Crippen LogP contribution is 2.08. The molecule has 0 heterocycles. The number of rotatable bonds is 5. The van der Waals surface area contributed by atoms with Gasteiger partial charge in [0.05, 0.1) is 5.75 Å². The normalized spacial score (nSPS) is 15.2. The summed E-state index contributed by atoms with van der Waals surface area (Å²) in [5, 5.41) is 5.66. The van der Waals surface area contributed by atoms with Crippen LogP contribution in [0.2, 0.25) is 0 Å². The fourth-order valence-electron chi connectivity index (χ4n) is 0.768. The molecule has 0 radical (unpaired) electrons. The summed E-state index contributed by atoms with van der Waals surface area (Å²) in [6.45, 7) is 3.60. The topological polar surface area (TPSA) is 84.8 Å². The van der Waals surface area contributed by atoms with Crippen molar-refractivity contribution in [3.8, 4) is 0 Å². The first-order chi connectivity index (χ1) is 6.97. The third-order valence-corrected chi connectivity index (χ3v) is 2.84. The maximum atomic E-state index is 10.6. The molecular formula is C8H16N2O4S. The molecule has 0 aliphatic heterocycles. The van der Waals surface area contributed by atoms with Crippen LogP contribution in [-0.2, 0) is 15.5 Å². The molecule has 0 bridgehead atoms. The van der Waals surface area contributed by atoms with Crippen LogP contribution in [0, 0.1) is 11.8 Å². The summed E-state index contributed by atoms with van der Waals surface area (Å²) in [5.74, 6) is -0.0200. The van der Waals surface area contributed by atoms with Gasteiger partial charge in [0, 0.05) is 13.3 Å². The van der Waals surface area contributed by atoms with Crippen LogP contribution in [-0.4, -0.2) is 33.5 Å². The summed E-state index contributed by atoms with van der Waals surface area (Å²) in [6, 6.07) is 0. The van der Waals surface area contributed by atoms with E-state index >= 15 is 0 Å². The molecule has 0 spiro atoms. The van der Waals surface area contributed by atoms with Gasteiger partial charge in [-0.2, -0.15) is 0 Å². The average Bonchev–Trinajstić information content (AvgIpc) is 2.16. The molecule has 2 unspecified atom stereocenters. The Bertz CT molecular complexity index is 293. The van der Waals surface area contributed by atoms with E-state index in [-0.39, 0.29) is 17.6 Å². The predicted octanol–water partition coefficient (Wildman–Crippen LogP) is 0.212. The van der Waals surface area contributed by atoms with Gasteiger partial charge in [-0.3, -0.25) is 4.84 Å². The van der Waals surface area contributed by atoms with E-state index in [1.807, 2.05) is 0 Å². The smallest absolute Gasteiger partial charge is 0.323 e. The maximum Gasteiger partial charge on any atom is 0.433 e. The van der Waals surface area contributed by atoms with E-state index in [1.54, 1.807) is 13.8 Å². The Labute approximate surface area is 90.6 Å². The van der Waals surface area contributed by atoms with E-state index in [2.05, 4.69) is 15.3 Å². The Hall–Kier alpha value is -1.11. The van der Waals surface area contributed by atoms with Crippen LogP contribution in [0.5, 0.6) is 0 Å². The molecule has 2 atom stereocenters. The molecule has 0 aliphatic carbocycles. The van der Waals surface area contributed by atoms with Crippen molar-refractivity contribution < 1.29 is 18.0 Å². The summed E-state index contributed by atoms with van der Waals surface area (Å²) in [5.41, 5.74) is 0. The number of thiol groups is 1. The number of oxime groups is 1. The standard InChI is InChI=1S/C8H16N2O4S/c1-6(7(2)5-15(12)13)4-10-14-8(11)9-3/h4,6-7,15H,5H2,1-3H3,(H,9,11). The fourth-order valence-corrected chi connectivity index (χ4v) is 1.57. The third-order valence-electron chi connectivity index (χ3n) is 1.97. The number of nitrogens with zero attached hydrogens (tertiary/aromatic N) is 1. The van der Waals surface area contributed by atoms with Crippen LogP contribution in [0.1, 0.15) is 13.8 Å². The lowest BCUT2D eigenvalue weighted by Crippen LogP contribution is -2.18. The molecule has 0 saturated heterocycles. The van der Waals surface area contributed by atoms with Crippen molar-refractivity contribution in [2.24, 2.45) is 17.0 Å². The van der Waals surface area contributed by atoms with Gasteiger partial charge in [0.2, 0.25) is 0 Å². The minimum absolute atomic E-state index is 0.0526. The number of nitrogens with one attached hydrogen (secondary N) is 1. The molecule has 0 aromatic rings. The second-order valence-corrected chi connectivity index (χ2v) is 4.27. The van der Waals surface area contributed by atoms with Crippen molar-refractivity contribution in [3.63, 3.8) is 0 Å². The largest absolute Gasteiger partial charge is 0.433 e. The molecule has 88 valence electrons. The van der Waals surface area contributed by atoms with Gasteiger partial charge in [-0.15, -0.1) is 0 Å². The van der Waals surface area contributed by atoms with Gasteiger partial charge in [0.15, 0.2) is 0 Å².